The van der Waals surface area contributed by atoms with E-state index in [0.717, 1.165) is 16.7 Å². The number of aryl methyl sites for hydroxylation is 2. The van der Waals surface area contributed by atoms with Crippen LogP contribution in [0.2, 0.25) is 5.02 Å². The number of aromatic carboxylic acids is 1. The van der Waals surface area contributed by atoms with Crippen LogP contribution in [0, 0.1) is 6.92 Å². The van der Waals surface area contributed by atoms with Crippen molar-refractivity contribution in [2.75, 3.05) is 12.8 Å². The molecule has 0 amide bonds. The molecule has 0 fully saturated rings. The normalized spacial score (nSPS) is 12.4. The van der Waals surface area contributed by atoms with Crippen LogP contribution in [0.3, 0.4) is 0 Å². The van der Waals surface area contributed by atoms with Crippen LogP contribution >= 0.6 is 11.6 Å². The Morgan fingerprint density at radius 3 is 2.78 bits per heavy atom. The van der Waals surface area contributed by atoms with Gasteiger partial charge in [0, 0.05) is 29.9 Å². The number of aromatic nitrogens is 2. The van der Waals surface area contributed by atoms with Gasteiger partial charge in [0.2, 0.25) is 0 Å². The lowest BCUT2D eigenvalue weighted by atomic mass is 10.0. The molecule has 1 unspecified atom stereocenters. The molecule has 0 aliphatic carbocycles. The average molecular weight is 406 g/mol. The Hall–Kier alpha value is -2.22. The number of imidazole rings is 1. The minimum atomic E-state index is -1.06. The SMILES string of the molecule is Cc1ccc(-c2cc(C(=O)O)c3c(c2)ncn3CCCNS(C)=O)c(Cl)c1. The van der Waals surface area contributed by atoms with Gasteiger partial charge >= 0.3 is 5.97 Å². The number of benzene rings is 2. The molecule has 27 heavy (non-hydrogen) atoms. The highest BCUT2D eigenvalue weighted by Crippen LogP contribution is 2.32. The molecule has 0 saturated carbocycles. The van der Waals surface area contributed by atoms with E-state index in [1.54, 1.807) is 18.6 Å². The van der Waals surface area contributed by atoms with Crippen molar-refractivity contribution in [2.24, 2.45) is 0 Å². The lowest BCUT2D eigenvalue weighted by molar-refractivity contribution is 0.0698. The zero-order valence-electron chi connectivity index (χ0n) is 15.0. The maximum absolute atomic E-state index is 11.9. The summed E-state index contributed by atoms with van der Waals surface area (Å²) in [6, 6.07) is 9.17. The van der Waals surface area contributed by atoms with Gasteiger partial charge in [0.25, 0.3) is 0 Å². The fourth-order valence-corrected chi connectivity index (χ4v) is 3.79. The molecular weight excluding hydrogens is 386 g/mol. The van der Waals surface area contributed by atoms with Gasteiger partial charge in [-0.25, -0.2) is 18.7 Å². The maximum atomic E-state index is 11.9. The predicted octanol–water partition coefficient (Wildman–Crippen LogP) is 3.64. The van der Waals surface area contributed by atoms with Crippen molar-refractivity contribution in [3.8, 4) is 11.1 Å². The van der Waals surface area contributed by atoms with Crippen LogP contribution in [-0.2, 0) is 17.5 Å². The molecule has 6 nitrogen and oxygen atoms in total. The molecule has 0 radical (unpaired) electrons. The molecule has 142 valence electrons. The van der Waals surface area contributed by atoms with Gasteiger partial charge in [-0.2, -0.15) is 0 Å². The summed E-state index contributed by atoms with van der Waals surface area (Å²) >= 11 is 6.36. The lowest BCUT2D eigenvalue weighted by Crippen LogP contribution is -2.18. The van der Waals surface area contributed by atoms with Crippen molar-refractivity contribution >= 4 is 39.6 Å². The second-order valence-corrected chi connectivity index (χ2v) is 7.92. The summed E-state index contributed by atoms with van der Waals surface area (Å²) < 4.78 is 15.7. The molecule has 0 spiro atoms. The highest BCUT2D eigenvalue weighted by molar-refractivity contribution is 7.82. The van der Waals surface area contributed by atoms with Crippen LogP contribution < -0.4 is 4.72 Å². The van der Waals surface area contributed by atoms with Gasteiger partial charge in [-0.05, 0) is 42.7 Å². The fraction of sp³-hybridized carbons (Fsp3) is 0.263. The Labute approximate surface area is 164 Å². The van der Waals surface area contributed by atoms with Gasteiger partial charge in [-0.1, -0.05) is 23.7 Å². The second kappa shape index (κ2) is 8.21. The molecule has 0 saturated heterocycles. The van der Waals surface area contributed by atoms with Crippen molar-refractivity contribution in [1.82, 2.24) is 14.3 Å². The summed E-state index contributed by atoms with van der Waals surface area (Å²) in [4.78, 5) is 16.3. The van der Waals surface area contributed by atoms with Gasteiger partial charge < -0.3 is 9.67 Å². The number of carbonyl (C=O) groups is 1. The topological polar surface area (TPSA) is 84.2 Å². The smallest absolute Gasteiger partial charge is 0.337 e. The Morgan fingerprint density at radius 1 is 1.33 bits per heavy atom. The summed E-state index contributed by atoms with van der Waals surface area (Å²) in [5, 5.41) is 10.3. The van der Waals surface area contributed by atoms with Gasteiger partial charge in [-0.15, -0.1) is 0 Å². The van der Waals surface area contributed by atoms with Crippen molar-refractivity contribution in [1.29, 1.82) is 0 Å². The third-order valence-corrected chi connectivity index (χ3v) is 5.18. The number of halogens is 1. The minimum Gasteiger partial charge on any atom is -0.478 e. The summed E-state index contributed by atoms with van der Waals surface area (Å²) in [5.41, 5.74) is 3.90. The molecule has 0 aliphatic rings. The first-order chi connectivity index (χ1) is 12.9. The predicted molar refractivity (Wildman–Crippen MR) is 109 cm³/mol. The van der Waals surface area contributed by atoms with E-state index in [1.807, 2.05) is 35.8 Å². The van der Waals surface area contributed by atoms with E-state index in [2.05, 4.69) is 9.71 Å². The minimum absolute atomic E-state index is 0.184. The quantitative estimate of drug-likeness (QED) is 0.588. The highest BCUT2D eigenvalue weighted by atomic mass is 35.5. The summed E-state index contributed by atoms with van der Waals surface area (Å²) in [6.07, 6.45) is 3.92. The summed E-state index contributed by atoms with van der Waals surface area (Å²) in [5.74, 6) is -1.01. The molecule has 0 bridgehead atoms. The lowest BCUT2D eigenvalue weighted by Gasteiger charge is -2.10. The van der Waals surface area contributed by atoms with Crippen LogP contribution in [0.15, 0.2) is 36.7 Å². The van der Waals surface area contributed by atoms with E-state index < -0.39 is 17.0 Å². The number of nitrogens with zero attached hydrogens (tertiary/aromatic N) is 2. The molecule has 3 rings (SSSR count). The Morgan fingerprint density at radius 2 is 2.11 bits per heavy atom. The van der Waals surface area contributed by atoms with Gasteiger partial charge in [0.1, 0.15) is 0 Å². The van der Waals surface area contributed by atoms with Crippen LogP contribution in [0.5, 0.6) is 0 Å². The first kappa shape index (κ1) is 19.5. The monoisotopic (exact) mass is 405 g/mol. The third kappa shape index (κ3) is 4.37. The standard InChI is InChI=1S/C19H20ClN3O3S/c1-12-4-5-14(16(20)8-12)13-9-15(19(24)25)18-17(10-13)21-11-23(18)7-3-6-22-27(2)26/h4-5,8-11,22H,3,6-7H2,1-2H3,(H,24,25). The average Bonchev–Trinajstić information content (AvgIpc) is 3.00. The number of carboxylic acid groups (broad SMARTS) is 1. The van der Waals surface area contributed by atoms with E-state index >= 15 is 0 Å². The van der Waals surface area contributed by atoms with E-state index in [1.165, 1.54) is 0 Å². The molecule has 1 heterocycles. The van der Waals surface area contributed by atoms with E-state index in [0.29, 0.717) is 35.6 Å². The number of fused-ring (bicyclic) bond motifs is 1. The molecule has 8 heteroatoms. The molecule has 2 N–H and O–H groups in total. The molecular formula is C19H20ClN3O3S. The van der Waals surface area contributed by atoms with Crippen LogP contribution in [0.4, 0.5) is 0 Å². The van der Waals surface area contributed by atoms with Crippen molar-refractivity contribution in [3.05, 3.63) is 52.8 Å². The number of hydrogen-bond donors (Lipinski definition) is 2. The second-order valence-electron chi connectivity index (χ2n) is 6.32. The fourth-order valence-electron chi connectivity index (χ4n) is 3.02. The molecule has 0 aliphatic heterocycles. The molecule has 3 aromatic rings. The maximum Gasteiger partial charge on any atom is 0.337 e. The number of nitrogens with one attached hydrogen (secondary N) is 1. The summed E-state index contributed by atoms with van der Waals surface area (Å²) in [7, 11) is -1.06. The van der Waals surface area contributed by atoms with E-state index in [4.69, 9.17) is 11.6 Å². The Kier molecular flexibility index (Phi) is 5.94. The summed E-state index contributed by atoms with van der Waals surface area (Å²) in [6.45, 7) is 3.10. The number of hydrogen-bond acceptors (Lipinski definition) is 3. The van der Waals surface area contributed by atoms with Gasteiger partial charge in [0.05, 0.1) is 33.9 Å². The Balaban J connectivity index is 2.01. The number of rotatable bonds is 7. The first-order valence-electron chi connectivity index (χ1n) is 8.42. The van der Waals surface area contributed by atoms with E-state index in [9.17, 15) is 14.1 Å². The molecule has 1 aromatic heterocycles. The zero-order chi connectivity index (χ0) is 19.6. The Bertz CT molecular complexity index is 1030. The first-order valence-corrected chi connectivity index (χ1v) is 10.4. The highest BCUT2D eigenvalue weighted by Gasteiger charge is 2.17. The van der Waals surface area contributed by atoms with Crippen LogP contribution in [0.25, 0.3) is 22.2 Å². The number of carboxylic acids is 1. The molecule has 1 atom stereocenters. The van der Waals surface area contributed by atoms with Crippen molar-refractivity contribution < 1.29 is 14.1 Å². The van der Waals surface area contributed by atoms with Gasteiger partial charge in [-0.3, -0.25) is 0 Å². The van der Waals surface area contributed by atoms with Gasteiger partial charge in [0.15, 0.2) is 0 Å². The zero-order valence-corrected chi connectivity index (χ0v) is 16.6. The van der Waals surface area contributed by atoms with Crippen LogP contribution in [-0.4, -0.2) is 37.6 Å². The van der Waals surface area contributed by atoms with E-state index in [-0.39, 0.29) is 5.56 Å². The third-order valence-electron chi connectivity index (χ3n) is 4.26. The van der Waals surface area contributed by atoms with Crippen LogP contribution in [0.1, 0.15) is 22.3 Å². The largest absolute Gasteiger partial charge is 0.478 e. The molecule has 2 aromatic carbocycles. The van der Waals surface area contributed by atoms with Crippen molar-refractivity contribution in [2.45, 2.75) is 19.9 Å². The van der Waals surface area contributed by atoms with Crippen molar-refractivity contribution in [3.63, 3.8) is 0 Å².